The summed E-state index contributed by atoms with van der Waals surface area (Å²) in [5.41, 5.74) is 2.60. The third kappa shape index (κ3) is 2.62. The molecule has 0 bridgehead atoms. The number of hydrogen-bond acceptors (Lipinski definition) is 4. The number of aromatic nitrogens is 4. The molecule has 23 heavy (non-hydrogen) atoms. The van der Waals surface area contributed by atoms with Gasteiger partial charge < -0.3 is 5.32 Å². The summed E-state index contributed by atoms with van der Waals surface area (Å²) in [7, 11) is 0. The van der Waals surface area contributed by atoms with E-state index in [0.29, 0.717) is 5.02 Å². The van der Waals surface area contributed by atoms with E-state index in [1.54, 1.807) is 10.9 Å². The molecule has 0 atom stereocenters. The summed E-state index contributed by atoms with van der Waals surface area (Å²) in [6, 6.07) is 17.3. The minimum Gasteiger partial charge on any atom is -0.340 e. The zero-order valence-electron chi connectivity index (χ0n) is 12.0. The molecule has 1 N–H and O–H groups in total. The Morgan fingerprint density at radius 1 is 0.913 bits per heavy atom. The third-order valence-corrected chi connectivity index (χ3v) is 3.73. The molecule has 0 saturated carbocycles. The molecule has 0 aliphatic carbocycles. The van der Waals surface area contributed by atoms with E-state index < -0.39 is 0 Å². The van der Waals surface area contributed by atoms with E-state index in [1.807, 2.05) is 54.6 Å². The molecule has 4 aromatic rings. The number of rotatable bonds is 3. The van der Waals surface area contributed by atoms with Gasteiger partial charge in [-0.3, -0.25) is 0 Å². The van der Waals surface area contributed by atoms with Gasteiger partial charge in [0.05, 0.1) is 17.3 Å². The zero-order chi connectivity index (χ0) is 15.6. The van der Waals surface area contributed by atoms with E-state index in [1.165, 1.54) is 6.33 Å². The maximum atomic E-state index is 5.94. The van der Waals surface area contributed by atoms with E-state index in [2.05, 4.69) is 20.4 Å². The van der Waals surface area contributed by atoms with Crippen LogP contribution in [-0.4, -0.2) is 19.7 Å². The van der Waals surface area contributed by atoms with Crippen molar-refractivity contribution < 1.29 is 0 Å². The van der Waals surface area contributed by atoms with Gasteiger partial charge in [-0.15, -0.1) is 0 Å². The number of hydrogen-bond donors (Lipinski definition) is 1. The smallest absolute Gasteiger partial charge is 0.168 e. The average Bonchev–Trinajstić information content (AvgIpc) is 3.02. The van der Waals surface area contributed by atoms with Crippen LogP contribution in [0.15, 0.2) is 67.1 Å². The van der Waals surface area contributed by atoms with E-state index in [9.17, 15) is 0 Å². The van der Waals surface area contributed by atoms with Crippen LogP contribution in [0.5, 0.6) is 0 Å². The summed E-state index contributed by atoms with van der Waals surface area (Å²) >= 11 is 5.94. The fourth-order valence-electron chi connectivity index (χ4n) is 2.37. The van der Waals surface area contributed by atoms with Crippen LogP contribution in [-0.2, 0) is 0 Å². The van der Waals surface area contributed by atoms with Gasteiger partial charge in [0.25, 0.3) is 0 Å². The molecule has 6 heteroatoms. The molecule has 0 fully saturated rings. The van der Waals surface area contributed by atoms with E-state index in [4.69, 9.17) is 11.6 Å². The van der Waals surface area contributed by atoms with Gasteiger partial charge in [0, 0.05) is 10.7 Å². The SMILES string of the molecule is Clc1ccc(-n2ncc3c(Nc4ccccc4)ncnc32)cc1. The van der Waals surface area contributed by atoms with Crippen molar-refractivity contribution in [2.24, 2.45) is 0 Å². The Labute approximate surface area is 137 Å². The fraction of sp³-hybridized carbons (Fsp3) is 0. The minimum absolute atomic E-state index is 0.686. The van der Waals surface area contributed by atoms with Gasteiger partial charge in [-0.1, -0.05) is 29.8 Å². The molecular weight excluding hydrogens is 310 g/mol. The summed E-state index contributed by atoms with van der Waals surface area (Å²) in [4.78, 5) is 8.69. The first kappa shape index (κ1) is 13.7. The Morgan fingerprint density at radius 3 is 2.48 bits per heavy atom. The standard InChI is InChI=1S/C17H12ClN5/c18-12-6-8-14(9-7-12)23-17-15(10-21-23)16(19-11-20-17)22-13-4-2-1-3-5-13/h1-11H,(H,19,20,22). The van der Waals surface area contributed by atoms with Crippen LogP contribution < -0.4 is 5.32 Å². The number of para-hydroxylation sites is 1. The maximum absolute atomic E-state index is 5.94. The highest BCUT2D eigenvalue weighted by atomic mass is 35.5. The van der Waals surface area contributed by atoms with Crippen LogP contribution in [0.2, 0.25) is 5.02 Å². The Kier molecular flexibility index (Phi) is 3.40. The van der Waals surface area contributed by atoms with E-state index in [-0.39, 0.29) is 0 Å². The quantitative estimate of drug-likeness (QED) is 0.614. The molecule has 0 unspecified atom stereocenters. The number of halogens is 1. The lowest BCUT2D eigenvalue weighted by Gasteiger charge is -2.06. The van der Waals surface area contributed by atoms with Crippen LogP contribution >= 0.6 is 11.6 Å². The molecule has 0 radical (unpaired) electrons. The Morgan fingerprint density at radius 2 is 1.70 bits per heavy atom. The largest absolute Gasteiger partial charge is 0.340 e. The monoisotopic (exact) mass is 321 g/mol. The lowest BCUT2D eigenvalue weighted by molar-refractivity contribution is 0.895. The lowest BCUT2D eigenvalue weighted by atomic mass is 10.3. The first-order chi connectivity index (χ1) is 11.3. The number of fused-ring (bicyclic) bond motifs is 1. The molecule has 2 aromatic carbocycles. The van der Waals surface area contributed by atoms with Crippen molar-refractivity contribution in [3.05, 3.63) is 72.1 Å². The molecule has 112 valence electrons. The molecule has 0 aliphatic heterocycles. The molecule has 0 aliphatic rings. The van der Waals surface area contributed by atoms with Gasteiger partial charge in [0.15, 0.2) is 5.65 Å². The second kappa shape index (κ2) is 5.70. The third-order valence-electron chi connectivity index (χ3n) is 3.47. The number of benzene rings is 2. The van der Waals surface area contributed by atoms with Crippen molar-refractivity contribution in [1.29, 1.82) is 0 Å². The van der Waals surface area contributed by atoms with Crippen LogP contribution in [0.1, 0.15) is 0 Å². The molecule has 4 rings (SSSR count). The second-order valence-corrected chi connectivity index (χ2v) is 5.42. The van der Waals surface area contributed by atoms with Gasteiger partial charge in [-0.2, -0.15) is 5.10 Å². The predicted molar refractivity (Wildman–Crippen MR) is 91.4 cm³/mol. The Bertz CT molecular complexity index is 948. The summed E-state index contributed by atoms with van der Waals surface area (Å²) in [5.74, 6) is 0.724. The summed E-state index contributed by atoms with van der Waals surface area (Å²) in [6.45, 7) is 0. The normalized spacial score (nSPS) is 10.8. The van der Waals surface area contributed by atoms with Crippen LogP contribution in [0, 0.1) is 0 Å². The van der Waals surface area contributed by atoms with E-state index in [0.717, 1.165) is 28.2 Å². The van der Waals surface area contributed by atoms with Crippen molar-refractivity contribution >= 4 is 34.1 Å². The van der Waals surface area contributed by atoms with Gasteiger partial charge in [0.1, 0.15) is 12.1 Å². The fourth-order valence-corrected chi connectivity index (χ4v) is 2.50. The average molecular weight is 322 g/mol. The Balaban J connectivity index is 1.79. The molecular formula is C17H12ClN5. The summed E-state index contributed by atoms with van der Waals surface area (Å²) in [6.07, 6.45) is 3.29. The topological polar surface area (TPSA) is 55.6 Å². The molecule has 2 heterocycles. The van der Waals surface area contributed by atoms with Gasteiger partial charge in [0.2, 0.25) is 0 Å². The minimum atomic E-state index is 0.686. The molecule has 0 saturated heterocycles. The summed E-state index contributed by atoms with van der Waals surface area (Å²) in [5, 5.41) is 9.26. The van der Waals surface area contributed by atoms with Crippen molar-refractivity contribution in [2.45, 2.75) is 0 Å². The lowest BCUT2D eigenvalue weighted by Crippen LogP contribution is -1.99. The molecule has 2 aromatic heterocycles. The van der Waals surface area contributed by atoms with Crippen LogP contribution in [0.25, 0.3) is 16.7 Å². The van der Waals surface area contributed by atoms with E-state index >= 15 is 0 Å². The molecule has 0 amide bonds. The Hall–Kier alpha value is -2.92. The first-order valence-corrected chi connectivity index (χ1v) is 7.46. The highest BCUT2D eigenvalue weighted by molar-refractivity contribution is 6.30. The van der Waals surface area contributed by atoms with Gasteiger partial charge >= 0.3 is 0 Å². The first-order valence-electron chi connectivity index (χ1n) is 7.08. The number of nitrogens with zero attached hydrogens (tertiary/aromatic N) is 4. The van der Waals surface area contributed by atoms with Gasteiger partial charge in [-0.25, -0.2) is 14.6 Å². The second-order valence-electron chi connectivity index (χ2n) is 4.98. The van der Waals surface area contributed by atoms with Crippen molar-refractivity contribution in [3.8, 4) is 5.69 Å². The molecule has 5 nitrogen and oxygen atoms in total. The van der Waals surface area contributed by atoms with Crippen molar-refractivity contribution in [2.75, 3.05) is 5.32 Å². The molecule has 0 spiro atoms. The summed E-state index contributed by atoms with van der Waals surface area (Å²) < 4.78 is 1.77. The zero-order valence-corrected chi connectivity index (χ0v) is 12.8. The number of nitrogens with one attached hydrogen (secondary N) is 1. The highest BCUT2D eigenvalue weighted by Crippen LogP contribution is 2.24. The number of anilines is 2. The van der Waals surface area contributed by atoms with Crippen molar-refractivity contribution in [1.82, 2.24) is 19.7 Å². The van der Waals surface area contributed by atoms with Crippen LogP contribution in [0.3, 0.4) is 0 Å². The highest BCUT2D eigenvalue weighted by Gasteiger charge is 2.11. The maximum Gasteiger partial charge on any atom is 0.168 e. The predicted octanol–water partition coefficient (Wildman–Crippen LogP) is 4.21. The van der Waals surface area contributed by atoms with Gasteiger partial charge in [-0.05, 0) is 36.4 Å². The van der Waals surface area contributed by atoms with Crippen molar-refractivity contribution in [3.63, 3.8) is 0 Å². The van der Waals surface area contributed by atoms with Crippen LogP contribution in [0.4, 0.5) is 11.5 Å².